The molecule has 0 N–H and O–H groups in total. The maximum absolute atomic E-state index is 11.5. The van der Waals surface area contributed by atoms with Gasteiger partial charge in [-0.2, -0.15) is 0 Å². The van der Waals surface area contributed by atoms with Gasteiger partial charge in [0.1, 0.15) is 0 Å². The van der Waals surface area contributed by atoms with Crippen LogP contribution in [0.5, 0.6) is 0 Å². The number of hydrogen-bond acceptors (Lipinski definition) is 6. The third-order valence-corrected chi connectivity index (χ3v) is 6.32. The lowest BCUT2D eigenvalue weighted by Gasteiger charge is -2.12. The maximum Gasteiger partial charge on any atom is 0.276 e. The van der Waals surface area contributed by atoms with Crippen LogP contribution < -0.4 is 0 Å². The summed E-state index contributed by atoms with van der Waals surface area (Å²) in [7, 11) is -3.10. The summed E-state index contributed by atoms with van der Waals surface area (Å²) in [5.74, 6) is 1.43. The maximum atomic E-state index is 11.5. The normalized spacial score (nSPS) is 19.3. The molecular formula is C14H16ClN3O3S2. The summed E-state index contributed by atoms with van der Waals surface area (Å²) in [6.45, 7) is 1.14. The van der Waals surface area contributed by atoms with Crippen LogP contribution in [-0.2, 0) is 10.0 Å². The molecule has 1 fully saturated rings. The van der Waals surface area contributed by atoms with Crippen LogP contribution in [-0.4, -0.2) is 48.0 Å². The van der Waals surface area contributed by atoms with Crippen LogP contribution in [0.15, 0.2) is 33.9 Å². The lowest BCUT2D eigenvalue weighted by atomic mass is 10.2. The van der Waals surface area contributed by atoms with Crippen molar-refractivity contribution in [1.29, 1.82) is 0 Å². The van der Waals surface area contributed by atoms with Gasteiger partial charge in [0.15, 0.2) is 0 Å². The van der Waals surface area contributed by atoms with Gasteiger partial charge in [-0.3, -0.25) is 0 Å². The summed E-state index contributed by atoms with van der Waals surface area (Å²) in [6.07, 6.45) is 2.10. The molecule has 23 heavy (non-hydrogen) atoms. The largest absolute Gasteiger partial charge is 0.411 e. The van der Waals surface area contributed by atoms with Crippen molar-refractivity contribution < 1.29 is 12.8 Å². The summed E-state index contributed by atoms with van der Waals surface area (Å²) in [5.41, 5.74) is 0.706. The van der Waals surface area contributed by atoms with Crippen molar-refractivity contribution in [2.75, 3.05) is 25.1 Å². The number of hydrogen-bond donors (Lipinski definition) is 0. The molecule has 1 aromatic carbocycles. The Morgan fingerprint density at radius 1 is 1.39 bits per heavy atom. The van der Waals surface area contributed by atoms with Gasteiger partial charge in [-0.05, 0) is 24.5 Å². The molecule has 0 amide bonds. The van der Waals surface area contributed by atoms with Gasteiger partial charge in [-0.1, -0.05) is 35.5 Å². The second-order valence-electron chi connectivity index (χ2n) is 5.44. The fourth-order valence-corrected chi connectivity index (χ4v) is 4.46. The van der Waals surface area contributed by atoms with Crippen LogP contribution in [0.2, 0.25) is 5.02 Å². The molecule has 1 aliphatic rings. The van der Waals surface area contributed by atoms with E-state index in [1.807, 2.05) is 18.2 Å². The lowest BCUT2D eigenvalue weighted by Crippen LogP contribution is -2.27. The first-order valence-corrected chi connectivity index (χ1v) is 10.3. The molecule has 1 atom stereocenters. The minimum atomic E-state index is -3.10. The summed E-state index contributed by atoms with van der Waals surface area (Å²) in [5, 5.41) is 9.07. The minimum Gasteiger partial charge on any atom is -0.411 e. The van der Waals surface area contributed by atoms with Crippen LogP contribution in [0.25, 0.3) is 11.5 Å². The Morgan fingerprint density at radius 3 is 2.87 bits per heavy atom. The first-order chi connectivity index (χ1) is 10.9. The molecule has 0 aliphatic carbocycles. The average molecular weight is 374 g/mol. The Bertz CT molecular complexity index is 794. The molecule has 6 nitrogen and oxygen atoms in total. The zero-order chi connectivity index (χ0) is 16.4. The zero-order valence-electron chi connectivity index (χ0n) is 12.5. The molecule has 0 bridgehead atoms. The number of halogens is 1. The molecule has 2 aromatic rings. The minimum absolute atomic E-state index is 0.297. The number of benzene rings is 1. The van der Waals surface area contributed by atoms with Gasteiger partial charge in [-0.25, -0.2) is 12.7 Å². The van der Waals surface area contributed by atoms with Crippen LogP contribution in [0.1, 0.15) is 6.42 Å². The molecule has 1 aliphatic heterocycles. The van der Waals surface area contributed by atoms with Crippen molar-refractivity contribution in [3.05, 3.63) is 29.3 Å². The molecule has 1 saturated heterocycles. The van der Waals surface area contributed by atoms with Gasteiger partial charge in [-0.15, -0.1) is 10.2 Å². The van der Waals surface area contributed by atoms with Crippen LogP contribution in [0, 0.1) is 5.92 Å². The molecule has 124 valence electrons. The van der Waals surface area contributed by atoms with Crippen molar-refractivity contribution >= 4 is 33.4 Å². The van der Waals surface area contributed by atoms with E-state index in [0.29, 0.717) is 40.7 Å². The number of rotatable bonds is 5. The molecule has 0 unspecified atom stereocenters. The van der Waals surface area contributed by atoms with Crippen LogP contribution in [0.3, 0.4) is 0 Å². The van der Waals surface area contributed by atoms with Gasteiger partial charge in [0.2, 0.25) is 15.9 Å². The fraction of sp³-hybridized carbons (Fsp3) is 0.429. The highest BCUT2D eigenvalue weighted by Gasteiger charge is 2.28. The van der Waals surface area contributed by atoms with E-state index in [2.05, 4.69) is 10.2 Å². The Labute approximate surface area is 144 Å². The van der Waals surface area contributed by atoms with E-state index >= 15 is 0 Å². The number of thioether (sulfide) groups is 1. The van der Waals surface area contributed by atoms with Crippen molar-refractivity contribution in [2.24, 2.45) is 5.92 Å². The lowest BCUT2D eigenvalue weighted by molar-refractivity contribution is 0.461. The highest BCUT2D eigenvalue weighted by atomic mass is 35.5. The molecular weight excluding hydrogens is 358 g/mol. The fourth-order valence-electron chi connectivity index (χ4n) is 2.44. The molecule has 3 rings (SSSR count). The van der Waals surface area contributed by atoms with Crippen LogP contribution in [0.4, 0.5) is 0 Å². The smallest absolute Gasteiger partial charge is 0.276 e. The van der Waals surface area contributed by atoms with E-state index in [-0.39, 0.29) is 0 Å². The predicted molar refractivity (Wildman–Crippen MR) is 90.0 cm³/mol. The zero-order valence-corrected chi connectivity index (χ0v) is 14.9. The van der Waals surface area contributed by atoms with E-state index in [9.17, 15) is 8.42 Å². The third kappa shape index (κ3) is 4.06. The molecule has 0 spiro atoms. The number of nitrogens with zero attached hydrogens (tertiary/aromatic N) is 3. The summed E-state index contributed by atoms with van der Waals surface area (Å²) in [4.78, 5) is 0. The van der Waals surface area contributed by atoms with Crippen molar-refractivity contribution in [3.63, 3.8) is 0 Å². The summed E-state index contributed by atoms with van der Waals surface area (Å²) in [6, 6.07) is 7.29. The van der Waals surface area contributed by atoms with Gasteiger partial charge in [0.25, 0.3) is 5.22 Å². The second kappa shape index (κ2) is 6.80. The highest BCUT2D eigenvalue weighted by Crippen LogP contribution is 2.30. The van der Waals surface area contributed by atoms with Gasteiger partial charge < -0.3 is 4.42 Å². The molecule has 9 heteroatoms. The first kappa shape index (κ1) is 16.8. The second-order valence-corrected chi connectivity index (χ2v) is 8.80. The van der Waals surface area contributed by atoms with Crippen molar-refractivity contribution in [3.8, 4) is 11.5 Å². The standard InChI is InChI=1S/C14H16ClN3O3S2/c1-23(19,20)18-7-6-10(8-18)9-22-14-17-16-13(21-14)11-4-2-3-5-12(11)15/h2-5,10H,6-9H2,1H3/t10-/m1/s1. The van der Waals surface area contributed by atoms with E-state index < -0.39 is 10.0 Å². The van der Waals surface area contributed by atoms with E-state index in [1.165, 1.54) is 22.3 Å². The predicted octanol–water partition coefficient (Wildman–Crippen LogP) is 2.76. The number of sulfonamides is 1. The number of aromatic nitrogens is 2. The Kier molecular flexibility index (Phi) is 4.96. The quantitative estimate of drug-likeness (QED) is 0.750. The highest BCUT2D eigenvalue weighted by molar-refractivity contribution is 7.99. The van der Waals surface area contributed by atoms with Crippen LogP contribution >= 0.6 is 23.4 Å². The van der Waals surface area contributed by atoms with Crippen molar-refractivity contribution in [1.82, 2.24) is 14.5 Å². The van der Waals surface area contributed by atoms with Gasteiger partial charge in [0.05, 0.1) is 16.8 Å². The Balaban J connectivity index is 1.60. The van der Waals surface area contributed by atoms with E-state index in [0.717, 1.165) is 12.2 Å². The Morgan fingerprint density at radius 2 is 2.17 bits per heavy atom. The molecule has 2 heterocycles. The first-order valence-electron chi connectivity index (χ1n) is 7.10. The average Bonchev–Trinajstić information content (AvgIpc) is 3.14. The summed E-state index contributed by atoms with van der Waals surface area (Å²) >= 11 is 7.56. The molecule has 0 radical (unpaired) electrons. The topological polar surface area (TPSA) is 76.3 Å². The SMILES string of the molecule is CS(=O)(=O)N1CC[C@@H](CSc2nnc(-c3ccccc3Cl)o2)C1. The monoisotopic (exact) mass is 373 g/mol. The Hall–Kier alpha value is -1.09. The van der Waals surface area contributed by atoms with E-state index in [4.69, 9.17) is 16.0 Å². The van der Waals surface area contributed by atoms with Crippen molar-refractivity contribution in [2.45, 2.75) is 11.6 Å². The van der Waals surface area contributed by atoms with Gasteiger partial charge in [0, 0.05) is 18.8 Å². The molecule has 1 aromatic heterocycles. The molecule has 0 saturated carbocycles. The summed E-state index contributed by atoms with van der Waals surface area (Å²) < 4.78 is 30.2. The third-order valence-electron chi connectivity index (χ3n) is 3.67. The van der Waals surface area contributed by atoms with Gasteiger partial charge >= 0.3 is 0 Å². The van der Waals surface area contributed by atoms with E-state index in [1.54, 1.807) is 6.07 Å².